The predicted molar refractivity (Wildman–Crippen MR) is 90.0 cm³/mol. The van der Waals surface area contributed by atoms with Crippen LogP contribution in [-0.2, 0) is 6.18 Å². The molecule has 1 saturated heterocycles. The van der Waals surface area contributed by atoms with E-state index in [9.17, 15) is 18.3 Å². The van der Waals surface area contributed by atoms with Gasteiger partial charge >= 0.3 is 6.18 Å². The van der Waals surface area contributed by atoms with Crippen LogP contribution in [-0.4, -0.2) is 36.2 Å². The first-order valence-electron chi connectivity index (χ1n) is 8.30. The maximum absolute atomic E-state index is 12.7. The van der Waals surface area contributed by atoms with Crippen molar-refractivity contribution in [3.05, 3.63) is 71.3 Å². The highest BCUT2D eigenvalue weighted by molar-refractivity contribution is 5.27. The number of nitrogens with one attached hydrogen (secondary N) is 1. The number of rotatable bonds is 4. The molecular formula is C19H21F3N2O. The highest BCUT2D eigenvalue weighted by atomic mass is 19.4. The molecule has 2 N–H and O–H groups in total. The fourth-order valence-corrected chi connectivity index (χ4v) is 3.19. The first-order chi connectivity index (χ1) is 11.9. The van der Waals surface area contributed by atoms with Crippen molar-refractivity contribution in [1.29, 1.82) is 0 Å². The minimum absolute atomic E-state index is 0.0607. The van der Waals surface area contributed by atoms with Gasteiger partial charge in [0.1, 0.15) is 0 Å². The van der Waals surface area contributed by atoms with Gasteiger partial charge in [-0.1, -0.05) is 42.5 Å². The Labute approximate surface area is 145 Å². The summed E-state index contributed by atoms with van der Waals surface area (Å²) in [7, 11) is 0. The molecule has 0 amide bonds. The van der Waals surface area contributed by atoms with E-state index in [0.717, 1.165) is 36.3 Å². The number of β-amino-alcohol motifs (C(OH)–C–C–N with tert-alkyl or cyclic N) is 1. The molecule has 0 aliphatic carbocycles. The fourth-order valence-electron chi connectivity index (χ4n) is 3.19. The van der Waals surface area contributed by atoms with Crippen molar-refractivity contribution in [3.8, 4) is 0 Å². The second-order valence-electron chi connectivity index (χ2n) is 6.26. The molecule has 3 rings (SSSR count). The third-order valence-corrected chi connectivity index (χ3v) is 4.57. The molecule has 0 saturated carbocycles. The first-order valence-corrected chi connectivity index (χ1v) is 8.30. The highest BCUT2D eigenvalue weighted by Crippen LogP contribution is 2.31. The molecule has 2 unspecified atom stereocenters. The van der Waals surface area contributed by atoms with Gasteiger partial charge in [-0.05, 0) is 23.3 Å². The zero-order valence-corrected chi connectivity index (χ0v) is 13.7. The Kier molecular flexibility index (Phi) is 5.42. The van der Waals surface area contributed by atoms with E-state index < -0.39 is 17.8 Å². The van der Waals surface area contributed by atoms with E-state index in [1.807, 2.05) is 30.3 Å². The Balaban J connectivity index is 1.74. The van der Waals surface area contributed by atoms with Crippen LogP contribution in [0.1, 0.15) is 28.8 Å². The van der Waals surface area contributed by atoms with Gasteiger partial charge in [-0.25, -0.2) is 0 Å². The Hall–Kier alpha value is -1.89. The third-order valence-electron chi connectivity index (χ3n) is 4.57. The summed E-state index contributed by atoms with van der Waals surface area (Å²) >= 11 is 0. The van der Waals surface area contributed by atoms with Gasteiger partial charge in [-0.2, -0.15) is 13.2 Å². The summed E-state index contributed by atoms with van der Waals surface area (Å²) in [5, 5.41) is 13.8. The van der Waals surface area contributed by atoms with Crippen molar-refractivity contribution < 1.29 is 18.3 Å². The van der Waals surface area contributed by atoms with Crippen molar-refractivity contribution >= 4 is 0 Å². The number of alkyl halides is 3. The van der Waals surface area contributed by atoms with Gasteiger partial charge in [0.15, 0.2) is 0 Å². The zero-order chi connectivity index (χ0) is 17.9. The lowest BCUT2D eigenvalue weighted by molar-refractivity contribution is -0.137. The molecule has 134 valence electrons. The fraction of sp³-hybridized carbons (Fsp3) is 0.368. The maximum atomic E-state index is 12.7. The van der Waals surface area contributed by atoms with E-state index in [4.69, 9.17) is 0 Å². The van der Waals surface area contributed by atoms with Gasteiger partial charge in [0.25, 0.3) is 0 Å². The SMILES string of the molecule is OC(CN1CCNCC1c1ccc(C(F)(F)F)cc1)c1ccccc1. The Bertz CT molecular complexity index is 673. The second-order valence-corrected chi connectivity index (χ2v) is 6.26. The van der Waals surface area contributed by atoms with Crippen molar-refractivity contribution in [3.63, 3.8) is 0 Å². The summed E-state index contributed by atoms with van der Waals surface area (Å²) in [6, 6.07) is 14.6. The molecule has 3 nitrogen and oxygen atoms in total. The highest BCUT2D eigenvalue weighted by Gasteiger charge is 2.31. The van der Waals surface area contributed by atoms with Crippen LogP contribution in [0.4, 0.5) is 13.2 Å². The lowest BCUT2D eigenvalue weighted by Crippen LogP contribution is -2.47. The van der Waals surface area contributed by atoms with Crippen molar-refractivity contribution in [1.82, 2.24) is 10.2 Å². The topological polar surface area (TPSA) is 35.5 Å². The Morgan fingerprint density at radius 2 is 1.76 bits per heavy atom. The quantitative estimate of drug-likeness (QED) is 0.887. The molecule has 1 aliphatic rings. The molecule has 25 heavy (non-hydrogen) atoms. The lowest BCUT2D eigenvalue weighted by Gasteiger charge is -2.37. The van der Waals surface area contributed by atoms with Gasteiger partial charge in [0.2, 0.25) is 0 Å². The molecule has 1 aliphatic heterocycles. The number of aliphatic hydroxyl groups is 1. The zero-order valence-electron chi connectivity index (χ0n) is 13.7. The van der Waals surface area contributed by atoms with Crippen molar-refractivity contribution in [2.75, 3.05) is 26.2 Å². The number of nitrogens with zero attached hydrogens (tertiary/aromatic N) is 1. The number of benzene rings is 2. The summed E-state index contributed by atoms with van der Waals surface area (Å²) in [5.41, 5.74) is 1.02. The van der Waals surface area contributed by atoms with Gasteiger partial charge in [-0.15, -0.1) is 0 Å². The summed E-state index contributed by atoms with van der Waals surface area (Å²) in [5.74, 6) is 0. The average Bonchev–Trinajstić information content (AvgIpc) is 2.62. The van der Waals surface area contributed by atoms with Crippen LogP contribution in [0.2, 0.25) is 0 Å². The predicted octanol–water partition coefficient (Wildman–Crippen LogP) is 3.39. The average molecular weight is 350 g/mol. The molecule has 0 bridgehead atoms. The lowest BCUT2D eigenvalue weighted by atomic mass is 10.00. The van der Waals surface area contributed by atoms with Gasteiger partial charge in [0, 0.05) is 32.2 Å². The first kappa shape index (κ1) is 17.9. The van der Waals surface area contributed by atoms with Crippen LogP contribution in [0.15, 0.2) is 54.6 Å². The van der Waals surface area contributed by atoms with Crippen LogP contribution in [0.3, 0.4) is 0 Å². The van der Waals surface area contributed by atoms with Crippen molar-refractivity contribution in [2.24, 2.45) is 0 Å². The Morgan fingerprint density at radius 3 is 2.40 bits per heavy atom. The standard InChI is InChI=1S/C19H21F3N2O/c20-19(21,22)16-8-6-14(7-9-16)17-12-23-10-11-24(17)13-18(25)15-4-2-1-3-5-15/h1-9,17-18,23,25H,10-13H2. The van der Waals surface area contributed by atoms with E-state index in [-0.39, 0.29) is 6.04 Å². The number of aliphatic hydroxyl groups excluding tert-OH is 1. The third kappa shape index (κ3) is 4.39. The Morgan fingerprint density at radius 1 is 1.08 bits per heavy atom. The summed E-state index contributed by atoms with van der Waals surface area (Å²) in [6.45, 7) is 2.61. The summed E-state index contributed by atoms with van der Waals surface area (Å²) in [6.07, 6.45) is -4.96. The van der Waals surface area contributed by atoms with E-state index >= 15 is 0 Å². The molecule has 2 aromatic carbocycles. The van der Waals surface area contributed by atoms with Crippen LogP contribution < -0.4 is 5.32 Å². The molecule has 0 spiro atoms. The maximum Gasteiger partial charge on any atom is 0.416 e. The minimum atomic E-state index is -4.33. The molecule has 2 atom stereocenters. The molecular weight excluding hydrogens is 329 g/mol. The summed E-state index contributed by atoms with van der Waals surface area (Å²) < 4.78 is 38.2. The van der Waals surface area contributed by atoms with Gasteiger partial charge < -0.3 is 10.4 Å². The monoisotopic (exact) mass is 350 g/mol. The van der Waals surface area contributed by atoms with Crippen LogP contribution in [0.25, 0.3) is 0 Å². The molecule has 0 radical (unpaired) electrons. The van der Waals surface area contributed by atoms with Crippen molar-refractivity contribution in [2.45, 2.75) is 18.3 Å². The van der Waals surface area contributed by atoms with E-state index in [0.29, 0.717) is 13.1 Å². The summed E-state index contributed by atoms with van der Waals surface area (Å²) in [4.78, 5) is 2.12. The molecule has 2 aromatic rings. The van der Waals surface area contributed by atoms with Crippen LogP contribution >= 0.6 is 0 Å². The largest absolute Gasteiger partial charge is 0.416 e. The van der Waals surface area contributed by atoms with Gasteiger partial charge in [0.05, 0.1) is 11.7 Å². The molecule has 1 fully saturated rings. The number of hydrogen-bond acceptors (Lipinski definition) is 3. The van der Waals surface area contributed by atoms with Crippen LogP contribution in [0, 0.1) is 0 Å². The molecule has 0 aromatic heterocycles. The van der Waals surface area contributed by atoms with Crippen LogP contribution in [0.5, 0.6) is 0 Å². The molecule has 1 heterocycles. The smallest absolute Gasteiger partial charge is 0.387 e. The minimum Gasteiger partial charge on any atom is -0.387 e. The number of piperazine rings is 1. The second kappa shape index (κ2) is 7.56. The number of hydrogen-bond donors (Lipinski definition) is 2. The number of halogens is 3. The van der Waals surface area contributed by atoms with Gasteiger partial charge in [-0.3, -0.25) is 4.90 Å². The molecule has 6 heteroatoms. The van der Waals surface area contributed by atoms with E-state index in [2.05, 4.69) is 10.2 Å². The normalized spacial score (nSPS) is 20.4. The van der Waals surface area contributed by atoms with E-state index in [1.165, 1.54) is 12.1 Å². The van der Waals surface area contributed by atoms with E-state index in [1.54, 1.807) is 0 Å².